The quantitative estimate of drug-likeness (QED) is 0.603. The van der Waals surface area contributed by atoms with Crippen LogP contribution in [0.3, 0.4) is 0 Å². The van der Waals surface area contributed by atoms with E-state index in [0.29, 0.717) is 5.69 Å². The van der Waals surface area contributed by atoms with Gasteiger partial charge in [0.1, 0.15) is 0 Å². The highest BCUT2D eigenvalue weighted by molar-refractivity contribution is 7.92. The molecule has 2 aromatic rings. The van der Waals surface area contributed by atoms with Crippen molar-refractivity contribution in [1.82, 2.24) is 10.6 Å². The van der Waals surface area contributed by atoms with Gasteiger partial charge < -0.3 is 10.6 Å². The molecule has 0 bridgehead atoms. The Hall–Kier alpha value is -2.87. The van der Waals surface area contributed by atoms with E-state index in [2.05, 4.69) is 10.6 Å². The normalized spacial score (nSPS) is 14.5. The van der Waals surface area contributed by atoms with Gasteiger partial charge in [-0.25, -0.2) is 8.42 Å². The largest absolute Gasteiger partial charge is 0.353 e. The van der Waals surface area contributed by atoms with Gasteiger partial charge in [0.05, 0.1) is 10.6 Å². The summed E-state index contributed by atoms with van der Waals surface area (Å²) in [6.45, 7) is 2.22. The van der Waals surface area contributed by atoms with Crippen molar-refractivity contribution in [3.05, 3.63) is 60.2 Å². The number of nitrogens with one attached hydrogen (secondary N) is 2. The maximum atomic E-state index is 13.2. The third kappa shape index (κ3) is 6.09. The van der Waals surface area contributed by atoms with Crippen LogP contribution >= 0.6 is 0 Å². The SMILES string of the molecule is CCN(c1ccccc1)S(=O)(=O)c1cccc(C(=O)NCCC(=O)NC2CCCCC2)c1. The molecule has 1 aliphatic rings. The first-order valence-electron chi connectivity index (χ1n) is 11.2. The zero-order valence-corrected chi connectivity index (χ0v) is 19.2. The van der Waals surface area contributed by atoms with Crippen LogP contribution in [0.5, 0.6) is 0 Å². The zero-order valence-electron chi connectivity index (χ0n) is 18.4. The minimum Gasteiger partial charge on any atom is -0.353 e. The lowest BCUT2D eigenvalue weighted by molar-refractivity contribution is -0.121. The zero-order chi connectivity index (χ0) is 23.0. The van der Waals surface area contributed by atoms with Crippen LogP contribution in [0.2, 0.25) is 0 Å². The summed E-state index contributed by atoms with van der Waals surface area (Å²) in [7, 11) is -3.82. The maximum absolute atomic E-state index is 13.2. The molecular weight excluding hydrogens is 426 g/mol. The minimum absolute atomic E-state index is 0.0471. The van der Waals surface area contributed by atoms with Crippen LogP contribution in [0.4, 0.5) is 5.69 Å². The molecule has 3 rings (SSSR count). The number of hydrogen-bond donors (Lipinski definition) is 2. The van der Waals surface area contributed by atoms with Crippen molar-refractivity contribution < 1.29 is 18.0 Å². The highest BCUT2D eigenvalue weighted by Gasteiger charge is 2.24. The number of hydrogen-bond acceptors (Lipinski definition) is 4. The van der Waals surface area contributed by atoms with Gasteiger partial charge in [-0.15, -0.1) is 0 Å². The molecule has 1 saturated carbocycles. The summed E-state index contributed by atoms with van der Waals surface area (Å²) < 4.78 is 27.7. The Morgan fingerprint density at radius 3 is 2.41 bits per heavy atom. The molecule has 2 N–H and O–H groups in total. The maximum Gasteiger partial charge on any atom is 0.264 e. The van der Waals surface area contributed by atoms with Gasteiger partial charge in [0, 0.05) is 31.1 Å². The van der Waals surface area contributed by atoms with Gasteiger partial charge in [0.2, 0.25) is 5.91 Å². The Morgan fingerprint density at radius 1 is 1.00 bits per heavy atom. The summed E-state index contributed by atoms with van der Waals surface area (Å²) in [4.78, 5) is 24.7. The van der Waals surface area contributed by atoms with E-state index >= 15 is 0 Å². The van der Waals surface area contributed by atoms with E-state index in [0.717, 1.165) is 25.7 Å². The Bertz CT molecular complexity index is 1020. The van der Waals surface area contributed by atoms with Crippen LogP contribution in [-0.2, 0) is 14.8 Å². The number of rotatable bonds is 9. The first-order chi connectivity index (χ1) is 15.4. The molecule has 172 valence electrons. The van der Waals surface area contributed by atoms with E-state index in [-0.39, 0.29) is 41.9 Å². The van der Waals surface area contributed by atoms with Crippen molar-refractivity contribution in [1.29, 1.82) is 0 Å². The van der Waals surface area contributed by atoms with E-state index in [1.807, 2.05) is 6.07 Å². The van der Waals surface area contributed by atoms with Crippen LogP contribution in [0, 0.1) is 0 Å². The first-order valence-corrected chi connectivity index (χ1v) is 12.6. The fraction of sp³-hybridized carbons (Fsp3) is 0.417. The van der Waals surface area contributed by atoms with Crippen LogP contribution < -0.4 is 14.9 Å². The summed E-state index contributed by atoms with van der Waals surface area (Å²) in [5.41, 5.74) is 0.803. The van der Waals surface area contributed by atoms with Crippen molar-refractivity contribution in [2.45, 2.75) is 56.4 Å². The van der Waals surface area contributed by atoms with Crippen molar-refractivity contribution >= 4 is 27.5 Å². The summed E-state index contributed by atoms with van der Waals surface area (Å²) in [6.07, 6.45) is 5.71. The molecule has 0 unspecified atom stereocenters. The molecule has 2 aromatic carbocycles. The molecule has 0 aliphatic heterocycles. The Labute approximate surface area is 190 Å². The third-order valence-corrected chi connectivity index (χ3v) is 7.52. The highest BCUT2D eigenvalue weighted by atomic mass is 32.2. The molecule has 0 spiro atoms. The fourth-order valence-corrected chi connectivity index (χ4v) is 5.47. The molecule has 7 nitrogen and oxygen atoms in total. The highest BCUT2D eigenvalue weighted by Crippen LogP contribution is 2.24. The summed E-state index contributed by atoms with van der Waals surface area (Å²) >= 11 is 0. The van der Waals surface area contributed by atoms with Crippen molar-refractivity contribution in [2.24, 2.45) is 0 Å². The van der Waals surface area contributed by atoms with E-state index in [1.54, 1.807) is 43.3 Å². The van der Waals surface area contributed by atoms with Gasteiger partial charge in [-0.05, 0) is 50.1 Å². The van der Waals surface area contributed by atoms with Crippen LogP contribution in [0.15, 0.2) is 59.5 Å². The van der Waals surface area contributed by atoms with Crippen molar-refractivity contribution in [3.63, 3.8) is 0 Å². The average molecular weight is 458 g/mol. The number of sulfonamides is 1. The number of para-hydroxylation sites is 1. The summed E-state index contributed by atoms with van der Waals surface area (Å²) in [6, 6.07) is 15.1. The Balaban J connectivity index is 1.61. The van der Waals surface area contributed by atoms with E-state index in [9.17, 15) is 18.0 Å². The van der Waals surface area contributed by atoms with E-state index in [4.69, 9.17) is 0 Å². The topological polar surface area (TPSA) is 95.6 Å². The molecule has 0 radical (unpaired) electrons. The minimum atomic E-state index is -3.82. The smallest absolute Gasteiger partial charge is 0.264 e. The monoisotopic (exact) mass is 457 g/mol. The van der Waals surface area contributed by atoms with Gasteiger partial charge in [0.15, 0.2) is 0 Å². The van der Waals surface area contributed by atoms with E-state index < -0.39 is 15.9 Å². The number of amides is 2. The van der Waals surface area contributed by atoms with Gasteiger partial charge in [-0.1, -0.05) is 43.5 Å². The second kappa shape index (κ2) is 11.1. The second-order valence-corrected chi connectivity index (χ2v) is 9.80. The predicted molar refractivity (Wildman–Crippen MR) is 125 cm³/mol. The number of carbonyl (C=O) groups is 2. The molecule has 0 saturated heterocycles. The Morgan fingerprint density at radius 2 is 1.72 bits per heavy atom. The molecule has 32 heavy (non-hydrogen) atoms. The number of carbonyl (C=O) groups excluding carboxylic acids is 2. The lowest BCUT2D eigenvalue weighted by Gasteiger charge is -2.23. The van der Waals surface area contributed by atoms with Crippen LogP contribution in [-0.4, -0.2) is 39.4 Å². The van der Waals surface area contributed by atoms with Gasteiger partial charge in [-0.3, -0.25) is 13.9 Å². The lowest BCUT2D eigenvalue weighted by Crippen LogP contribution is -2.38. The third-order valence-electron chi connectivity index (χ3n) is 5.62. The van der Waals surface area contributed by atoms with Crippen molar-refractivity contribution in [2.75, 3.05) is 17.4 Å². The molecule has 8 heteroatoms. The van der Waals surface area contributed by atoms with Gasteiger partial charge in [0.25, 0.3) is 15.9 Å². The molecule has 2 amide bonds. The molecule has 1 fully saturated rings. The average Bonchev–Trinajstić information content (AvgIpc) is 2.81. The van der Waals surface area contributed by atoms with Gasteiger partial charge in [-0.2, -0.15) is 0 Å². The Kier molecular flexibility index (Phi) is 8.27. The summed E-state index contributed by atoms with van der Waals surface area (Å²) in [5.74, 6) is -0.481. The predicted octanol–water partition coefficient (Wildman–Crippen LogP) is 3.47. The number of anilines is 1. The van der Waals surface area contributed by atoms with E-state index in [1.165, 1.54) is 22.9 Å². The lowest BCUT2D eigenvalue weighted by atomic mass is 9.95. The van der Waals surface area contributed by atoms with Crippen molar-refractivity contribution in [3.8, 4) is 0 Å². The van der Waals surface area contributed by atoms with Crippen LogP contribution in [0.25, 0.3) is 0 Å². The molecule has 0 atom stereocenters. The molecule has 0 heterocycles. The molecule has 1 aliphatic carbocycles. The number of nitrogens with zero attached hydrogens (tertiary/aromatic N) is 1. The standard InChI is InChI=1S/C24H31N3O4S/c1-2-27(21-13-7-4-8-14-21)32(30,31)22-15-9-10-19(18-22)24(29)25-17-16-23(28)26-20-11-5-3-6-12-20/h4,7-10,13-15,18,20H,2-3,5-6,11-12,16-17H2,1H3,(H,25,29)(H,26,28). The summed E-state index contributed by atoms with van der Waals surface area (Å²) in [5, 5.41) is 5.73. The first kappa shape index (κ1) is 23.8. The molecule has 0 aromatic heterocycles. The van der Waals surface area contributed by atoms with Crippen LogP contribution in [0.1, 0.15) is 55.8 Å². The number of benzene rings is 2. The molecular formula is C24H31N3O4S. The fourth-order valence-electron chi connectivity index (χ4n) is 3.95. The second-order valence-electron chi connectivity index (χ2n) is 7.94. The van der Waals surface area contributed by atoms with Gasteiger partial charge >= 0.3 is 0 Å².